The topological polar surface area (TPSA) is 0 Å². The van der Waals surface area contributed by atoms with E-state index in [9.17, 15) is 0 Å². The first kappa shape index (κ1) is 12.9. The van der Waals surface area contributed by atoms with Crippen LogP contribution in [0.1, 0.15) is 30.4 Å². The molecule has 0 bridgehead atoms. The summed E-state index contributed by atoms with van der Waals surface area (Å²) in [4.78, 5) is 0. The summed E-state index contributed by atoms with van der Waals surface area (Å²) in [7, 11) is 0. The van der Waals surface area contributed by atoms with Crippen LogP contribution in [0.3, 0.4) is 0 Å². The monoisotopic (exact) mass is 256 g/mol. The van der Waals surface area contributed by atoms with E-state index in [1.165, 1.54) is 5.56 Å². The molecule has 0 radical (unpaired) electrons. The van der Waals surface area contributed by atoms with Gasteiger partial charge in [-0.3, -0.25) is 0 Å². The van der Waals surface area contributed by atoms with Gasteiger partial charge >= 0.3 is 0 Å². The van der Waals surface area contributed by atoms with Crippen LogP contribution in [0.15, 0.2) is 66.7 Å². The molecular weight excluding hydrogens is 240 g/mol. The third-order valence-electron chi connectivity index (χ3n) is 3.06. The van der Waals surface area contributed by atoms with Crippen LogP contribution in [0.25, 0.3) is 5.03 Å². The maximum absolute atomic E-state index is 6.39. The van der Waals surface area contributed by atoms with Gasteiger partial charge in [-0.25, -0.2) is 0 Å². The van der Waals surface area contributed by atoms with Crippen molar-refractivity contribution in [3.8, 4) is 0 Å². The summed E-state index contributed by atoms with van der Waals surface area (Å²) in [5.74, 6) is 0.374. The Bertz CT molecular complexity index is 500. The lowest BCUT2D eigenvalue weighted by molar-refractivity contribution is 0.808. The smallest absolute Gasteiger partial charge is 0.0444 e. The average Bonchev–Trinajstić information content (AvgIpc) is 2.46. The molecule has 0 aromatic heterocycles. The fourth-order valence-corrected chi connectivity index (χ4v) is 2.30. The van der Waals surface area contributed by atoms with Crippen LogP contribution >= 0.6 is 11.6 Å². The minimum absolute atomic E-state index is 0.374. The normalized spacial score (nSPS) is 13.3. The molecule has 2 aromatic rings. The van der Waals surface area contributed by atoms with Gasteiger partial charge in [0.15, 0.2) is 0 Å². The van der Waals surface area contributed by atoms with Gasteiger partial charge in [-0.2, -0.15) is 0 Å². The summed E-state index contributed by atoms with van der Waals surface area (Å²) in [6.07, 6.45) is 3.19. The van der Waals surface area contributed by atoms with Crippen LogP contribution in [-0.2, 0) is 0 Å². The highest BCUT2D eigenvalue weighted by Gasteiger charge is 2.07. The molecule has 0 fully saturated rings. The van der Waals surface area contributed by atoms with Gasteiger partial charge in [-0.05, 0) is 17.5 Å². The summed E-state index contributed by atoms with van der Waals surface area (Å²) in [5, 5.41) is 0.825. The molecule has 1 heteroatoms. The highest BCUT2D eigenvalue weighted by molar-refractivity contribution is 6.48. The Hall–Kier alpha value is -1.53. The van der Waals surface area contributed by atoms with Gasteiger partial charge in [-0.1, -0.05) is 85.3 Å². The highest BCUT2D eigenvalue weighted by atomic mass is 35.5. The molecule has 0 amide bonds. The summed E-state index contributed by atoms with van der Waals surface area (Å²) < 4.78 is 0. The van der Waals surface area contributed by atoms with E-state index >= 15 is 0 Å². The van der Waals surface area contributed by atoms with Gasteiger partial charge in [-0.15, -0.1) is 0 Å². The number of hydrogen-bond acceptors (Lipinski definition) is 0. The van der Waals surface area contributed by atoms with Crippen molar-refractivity contribution >= 4 is 16.6 Å². The Morgan fingerprint density at radius 1 is 1.00 bits per heavy atom. The van der Waals surface area contributed by atoms with E-state index in [0.717, 1.165) is 17.0 Å². The first-order valence-corrected chi connectivity index (χ1v) is 6.66. The molecule has 0 nitrogen and oxygen atoms in total. The number of halogens is 1. The molecule has 92 valence electrons. The molecule has 0 aliphatic carbocycles. The molecule has 2 rings (SSSR count). The molecule has 0 saturated heterocycles. The van der Waals surface area contributed by atoms with Crippen molar-refractivity contribution in [1.82, 2.24) is 0 Å². The van der Waals surface area contributed by atoms with Crippen LogP contribution < -0.4 is 0 Å². The van der Waals surface area contributed by atoms with Gasteiger partial charge in [0.05, 0.1) is 0 Å². The average molecular weight is 257 g/mol. The van der Waals surface area contributed by atoms with E-state index < -0.39 is 0 Å². The van der Waals surface area contributed by atoms with Crippen molar-refractivity contribution in [2.75, 3.05) is 0 Å². The van der Waals surface area contributed by atoms with Crippen molar-refractivity contribution in [2.45, 2.75) is 19.3 Å². The van der Waals surface area contributed by atoms with E-state index in [4.69, 9.17) is 11.6 Å². The minimum Gasteiger partial charge on any atom is -0.0840 e. The van der Waals surface area contributed by atoms with Crippen LogP contribution in [0.5, 0.6) is 0 Å². The molecule has 0 N–H and O–H groups in total. The highest BCUT2D eigenvalue weighted by Crippen LogP contribution is 2.27. The van der Waals surface area contributed by atoms with Gasteiger partial charge in [0.1, 0.15) is 0 Å². The van der Waals surface area contributed by atoms with Crippen molar-refractivity contribution in [2.24, 2.45) is 0 Å². The first-order chi connectivity index (χ1) is 8.81. The zero-order valence-corrected chi connectivity index (χ0v) is 11.3. The zero-order valence-electron chi connectivity index (χ0n) is 10.5. The molecule has 2 aromatic carbocycles. The zero-order chi connectivity index (χ0) is 12.8. The van der Waals surface area contributed by atoms with Crippen molar-refractivity contribution in [3.63, 3.8) is 0 Å². The van der Waals surface area contributed by atoms with Crippen LogP contribution in [-0.4, -0.2) is 0 Å². The molecule has 0 saturated carbocycles. The summed E-state index contributed by atoms with van der Waals surface area (Å²) in [6.45, 7) is 2.18. The van der Waals surface area contributed by atoms with Crippen molar-refractivity contribution in [1.29, 1.82) is 0 Å². The Morgan fingerprint density at radius 3 is 2.11 bits per heavy atom. The molecule has 1 atom stereocenters. The molecule has 0 spiro atoms. The first-order valence-electron chi connectivity index (χ1n) is 6.29. The molecule has 0 aliphatic heterocycles. The second-order valence-electron chi connectivity index (χ2n) is 4.31. The largest absolute Gasteiger partial charge is 0.0840 e. The molecular formula is C17H17Cl. The van der Waals surface area contributed by atoms with E-state index in [0.29, 0.717) is 5.92 Å². The third-order valence-corrected chi connectivity index (χ3v) is 3.41. The molecule has 0 heterocycles. The van der Waals surface area contributed by atoms with Gasteiger partial charge in [0.25, 0.3) is 0 Å². The Morgan fingerprint density at radius 2 is 1.56 bits per heavy atom. The number of benzene rings is 2. The second kappa shape index (κ2) is 6.42. The van der Waals surface area contributed by atoms with Crippen LogP contribution in [0.2, 0.25) is 0 Å². The number of allylic oxidation sites excluding steroid dienone is 1. The summed E-state index contributed by atoms with van der Waals surface area (Å²) in [5.41, 5.74) is 2.39. The van der Waals surface area contributed by atoms with E-state index in [-0.39, 0.29) is 0 Å². The molecule has 0 aliphatic rings. The summed E-state index contributed by atoms with van der Waals surface area (Å²) >= 11 is 6.39. The number of rotatable bonds is 4. The van der Waals surface area contributed by atoms with Crippen molar-refractivity contribution < 1.29 is 0 Å². The quantitative estimate of drug-likeness (QED) is 0.681. The lowest BCUT2D eigenvalue weighted by Gasteiger charge is -2.11. The predicted molar refractivity (Wildman–Crippen MR) is 79.7 cm³/mol. The Kier molecular flexibility index (Phi) is 4.60. The van der Waals surface area contributed by atoms with Crippen LogP contribution in [0, 0.1) is 0 Å². The van der Waals surface area contributed by atoms with E-state index in [2.05, 4.69) is 37.3 Å². The van der Waals surface area contributed by atoms with E-state index in [1.54, 1.807) is 0 Å². The lowest BCUT2D eigenvalue weighted by Crippen LogP contribution is -1.93. The fourth-order valence-electron chi connectivity index (χ4n) is 2.02. The van der Waals surface area contributed by atoms with Crippen LogP contribution in [0.4, 0.5) is 0 Å². The van der Waals surface area contributed by atoms with Gasteiger partial charge in [0.2, 0.25) is 0 Å². The molecule has 1 unspecified atom stereocenters. The van der Waals surface area contributed by atoms with Gasteiger partial charge in [0, 0.05) is 11.0 Å². The Labute approximate surface area is 114 Å². The Balaban J connectivity index is 2.25. The summed E-state index contributed by atoms with van der Waals surface area (Å²) in [6, 6.07) is 20.6. The standard InChI is InChI=1S/C17H17Cl/c1-2-14(15-9-5-3-6-10-15)13-17(18)16-11-7-4-8-12-16/h3-14H,2H2,1H3. The maximum Gasteiger partial charge on any atom is 0.0444 e. The van der Waals surface area contributed by atoms with E-state index in [1.807, 2.05) is 36.4 Å². The SMILES string of the molecule is CCC(C=C(Cl)c1ccccc1)c1ccccc1. The fraction of sp³-hybridized carbons (Fsp3) is 0.176. The molecule has 18 heavy (non-hydrogen) atoms. The second-order valence-corrected chi connectivity index (χ2v) is 4.71. The number of hydrogen-bond donors (Lipinski definition) is 0. The predicted octanol–water partition coefficient (Wildman–Crippen LogP) is 5.46. The third kappa shape index (κ3) is 3.24. The lowest BCUT2D eigenvalue weighted by atomic mass is 9.95. The van der Waals surface area contributed by atoms with Crippen molar-refractivity contribution in [3.05, 3.63) is 77.9 Å². The van der Waals surface area contributed by atoms with Gasteiger partial charge < -0.3 is 0 Å². The minimum atomic E-state index is 0.374. The maximum atomic E-state index is 6.39.